The molecule has 0 fully saturated rings. The van der Waals surface area contributed by atoms with Crippen LogP contribution in [0.1, 0.15) is 51.8 Å². The zero-order chi connectivity index (χ0) is 15.6. The molecule has 0 saturated carbocycles. The number of nitrogens with one attached hydrogen (secondary N) is 2. The summed E-state index contributed by atoms with van der Waals surface area (Å²) >= 11 is 0. The van der Waals surface area contributed by atoms with Crippen LogP contribution in [0.4, 0.5) is 0 Å². The first-order valence-corrected chi connectivity index (χ1v) is 7.93. The summed E-state index contributed by atoms with van der Waals surface area (Å²) in [5.74, 6) is 0.564. The first-order chi connectivity index (χ1) is 9.81. The molecular formula is C18H28N2O. The van der Waals surface area contributed by atoms with Gasteiger partial charge in [0.05, 0.1) is 6.04 Å². The van der Waals surface area contributed by atoms with Gasteiger partial charge in [-0.3, -0.25) is 10.1 Å². The third-order valence-corrected chi connectivity index (χ3v) is 4.29. The molecule has 0 aliphatic heterocycles. The van der Waals surface area contributed by atoms with Gasteiger partial charge in [-0.2, -0.15) is 0 Å². The topological polar surface area (TPSA) is 41.1 Å². The molecular weight excluding hydrogens is 260 g/mol. The lowest BCUT2D eigenvalue weighted by Crippen LogP contribution is -2.46. The maximum atomic E-state index is 12.2. The Morgan fingerprint density at radius 2 is 1.95 bits per heavy atom. The number of rotatable bonds is 5. The maximum absolute atomic E-state index is 12.2. The number of hydrogen-bond acceptors (Lipinski definition) is 2. The third kappa shape index (κ3) is 3.65. The Kier molecular flexibility index (Phi) is 4.72. The van der Waals surface area contributed by atoms with Gasteiger partial charge in [0.25, 0.3) is 0 Å². The van der Waals surface area contributed by atoms with Crippen LogP contribution in [0, 0.1) is 11.3 Å². The van der Waals surface area contributed by atoms with Crippen LogP contribution in [0.5, 0.6) is 0 Å². The van der Waals surface area contributed by atoms with E-state index in [1.807, 2.05) is 6.92 Å². The fourth-order valence-electron chi connectivity index (χ4n) is 3.09. The van der Waals surface area contributed by atoms with Crippen molar-refractivity contribution in [2.24, 2.45) is 11.3 Å². The van der Waals surface area contributed by atoms with Gasteiger partial charge in [-0.05, 0) is 35.8 Å². The van der Waals surface area contributed by atoms with Gasteiger partial charge in [0, 0.05) is 12.6 Å². The second-order valence-electron chi connectivity index (χ2n) is 7.32. The quantitative estimate of drug-likeness (QED) is 0.874. The first-order valence-electron chi connectivity index (χ1n) is 7.93. The van der Waals surface area contributed by atoms with Crippen molar-refractivity contribution < 1.29 is 4.79 Å². The van der Waals surface area contributed by atoms with Gasteiger partial charge in [-0.1, -0.05) is 52.0 Å². The molecule has 0 heterocycles. The Hall–Kier alpha value is -1.35. The van der Waals surface area contributed by atoms with E-state index >= 15 is 0 Å². The van der Waals surface area contributed by atoms with Crippen molar-refractivity contribution in [2.45, 2.75) is 53.1 Å². The molecule has 3 nitrogen and oxygen atoms in total. The molecule has 21 heavy (non-hydrogen) atoms. The summed E-state index contributed by atoms with van der Waals surface area (Å²) in [6, 6.07) is 8.60. The minimum atomic E-state index is -0.181. The monoisotopic (exact) mass is 288 g/mol. The molecule has 2 unspecified atom stereocenters. The Labute approximate surface area is 128 Å². The van der Waals surface area contributed by atoms with E-state index in [2.05, 4.69) is 62.6 Å². The van der Waals surface area contributed by atoms with Crippen molar-refractivity contribution in [1.29, 1.82) is 0 Å². The van der Waals surface area contributed by atoms with Crippen LogP contribution in [0.3, 0.4) is 0 Å². The van der Waals surface area contributed by atoms with Crippen molar-refractivity contribution in [3.05, 3.63) is 35.4 Å². The second-order valence-corrected chi connectivity index (χ2v) is 7.32. The van der Waals surface area contributed by atoms with Crippen LogP contribution >= 0.6 is 0 Å². The molecule has 2 N–H and O–H groups in total. The van der Waals surface area contributed by atoms with E-state index in [9.17, 15) is 4.79 Å². The number of carbonyl (C=O) groups excluding carboxylic acids is 1. The van der Waals surface area contributed by atoms with Crippen LogP contribution in [-0.4, -0.2) is 18.5 Å². The van der Waals surface area contributed by atoms with Crippen LogP contribution in [0.15, 0.2) is 24.3 Å². The Bertz CT molecular complexity index is 508. The summed E-state index contributed by atoms with van der Waals surface area (Å²) in [5.41, 5.74) is 2.87. The summed E-state index contributed by atoms with van der Waals surface area (Å²) in [7, 11) is 0. The highest BCUT2D eigenvalue weighted by Gasteiger charge is 2.39. The van der Waals surface area contributed by atoms with E-state index in [0.717, 1.165) is 13.0 Å². The van der Waals surface area contributed by atoms with Crippen molar-refractivity contribution in [1.82, 2.24) is 10.6 Å². The molecule has 0 bridgehead atoms. The molecule has 0 spiro atoms. The van der Waals surface area contributed by atoms with E-state index in [1.54, 1.807) is 0 Å². The van der Waals surface area contributed by atoms with Crippen molar-refractivity contribution in [3.8, 4) is 0 Å². The summed E-state index contributed by atoms with van der Waals surface area (Å²) < 4.78 is 0. The summed E-state index contributed by atoms with van der Waals surface area (Å²) in [4.78, 5) is 12.2. The molecule has 1 aliphatic rings. The number of amides is 1. The lowest BCUT2D eigenvalue weighted by atomic mass is 9.85. The average Bonchev–Trinajstić information content (AvgIpc) is 2.67. The van der Waals surface area contributed by atoms with Gasteiger partial charge in [-0.15, -0.1) is 0 Å². The number of fused-ring (bicyclic) bond motifs is 1. The van der Waals surface area contributed by atoms with Crippen LogP contribution < -0.4 is 10.6 Å². The SMILES string of the molecule is CC(C)CNC(=O)C(C)NC1c2ccccc2CC1(C)C. The zero-order valence-electron chi connectivity index (χ0n) is 13.9. The summed E-state index contributed by atoms with van der Waals surface area (Å²) in [6.07, 6.45) is 1.06. The Morgan fingerprint density at radius 1 is 1.29 bits per heavy atom. The van der Waals surface area contributed by atoms with Gasteiger partial charge in [0.15, 0.2) is 0 Å². The van der Waals surface area contributed by atoms with Gasteiger partial charge in [0.1, 0.15) is 0 Å². The third-order valence-electron chi connectivity index (χ3n) is 4.29. The molecule has 2 rings (SSSR count). The molecule has 1 aromatic rings. The number of hydrogen-bond donors (Lipinski definition) is 2. The predicted molar refractivity (Wildman–Crippen MR) is 87.1 cm³/mol. The molecule has 1 amide bonds. The van der Waals surface area contributed by atoms with Crippen molar-refractivity contribution in [2.75, 3.05) is 6.54 Å². The first kappa shape index (κ1) is 16.0. The standard InChI is InChI=1S/C18H28N2O/c1-12(2)11-19-17(21)13(3)20-16-15-9-7-6-8-14(15)10-18(16,4)5/h6-9,12-13,16,20H,10-11H2,1-5H3,(H,19,21). The van der Waals surface area contributed by atoms with E-state index in [0.29, 0.717) is 5.92 Å². The predicted octanol–water partition coefficient (Wildman–Crippen LogP) is 3.06. The highest BCUT2D eigenvalue weighted by atomic mass is 16.2. The van der Waals surface area contributed by atoms with E-state index in [4.69, 9.17) is 0 Å². The number of benzene rings is 1. The van der Waals surface area contributed by atoms with Gasteiger partial charge in [0.2, 0.25) is 5.91 Å². The largest absolute Gasteiger partial charge is 0.354 e. The molecule has 1 aliphatic carbocycles. The van der Waals surface area contributed by atoms with Crippen LogP contribution in [0.25, 0.3) is 0 Å². The second kappa shape index (κ2) is 6.18. The molecule has 0 saturated heterocycles. The van der Waals surface area contributed by atoms with E-state index in [-0.39, 0.29) is 23.4 Å². The average molecular weight is 288 g/mol. The van der Waals surface area contributed by atoms with Crippen molar-refractivity contribution >= 4 is 5.91 Å². The smallest absolute Gasteiger partial charge is 0.236 e. The van der Waals surface area contributed by atoms with E-state index < -0.39 is 0 Å². The van der Waals surface area contributed by atoms with Crippen molar-refractivity contribution in [3.63, 3.8) is 0 Å². The zero-order valence-corrected chi connectivity index (χ0v) is 13.9. The van der Waals surface area contributed by atoms with Crippen LogP contribution in [-0.2, 0) is 11.2 Å². The molecule has 1 aromatic carbocycles. The molecule has 0 aromatic heterocycles. The highest BCUT2D eigenvalue weighted by molar-refractivity contribution is 5.81. The maximum Gasteiger partial charge on any atom is 0.236 e. The summed E-state index contributed by atoms with van der Waals surface area (Å²) in [5, 5.41) is 6.54. The fraction of sp³-hybridized carbons (Fsp3) is 0.611. The van der Waals surface area contributed by atoms with Gasteiger partial charge in [-0.25, -0.2) is 0 Å². The minimum absolute atomic E-state index is 0.0869. The van der Waals surface area contributed by atoms with Crippen LogP contribution in [0.2, 0.25) is 0 Å². The van der Waals surface area contributed by atoms with Gasteiger partial charge >= 0.3 is 0 Å². The Morgan fingerprint density at radius 3 is 2.62 bits per heavy atom. The minimum Gasteiger partial charge on any atom is -0.354 e. The molecule has 2 atom stereocenters. The number of carbonyl (C=O) groups is 1. The molecule has 3 heteroatoms. The normalized spacial score (nSPS) is 21.1. The van der Waals surface area contributed by atoms with Gasteiger partial charge < -0.3 is 5.32 Å². The fourth-order valence-corrected chi connectivity index (χ4v) is 3.09. The lowest BCUT2D eigenvalue weighted by molar-refractivity contribution is -0.123. The highest BCUT2D eigenvalue weighted by Crippen LogP contribution is 2.45. The lowest BCUT2D eigenvalue weighted by Gasteiger charge is -2.31. The molecule has 0 radical (unpaired) electrons. The van der Waals surface area contributed by atoms with E-state index in [1.165, 1.54) is 11.1 Å². The summed E-state index contributed by atoms with van der Waals surface area (Å²) in [6.45, 7) is 11.4. The Balaban J connectivity index is 2.06. The molecule has 116 valence electrons.